The SMILES string of the molecule is COC(CSc1nncn1C1CC1)c1ccc(Cl)cc1. The smallest absolute Gasteiger partial charge is 0.191 e. The summed E-state index contributed by atoms with van der Waals surface area (Å²) in [5, 5.41) is 9.91. The largest absolute Gasteiger partial charge is 0.376 e. The fourth-order valence-corrected chi connectivity index (χ4v) is 3.27. The number of aromatic nitrogens is 3. The molecule has 1 unspecified atom stereocenters. The first-order valence-electron chi connectivity index (χ1n) is 6.58. The predicted molar refractivity (Wildman–Crippen MR) is 80.2 cm³/mol. The van der Waals surface area contributed by atoms with Crippen LogP contribution in [0.1, 0.15) is 30.6 Å². The van der Waals surface area contributed by atoms with E-state index >= 15 is 0 Å². The molecule has 3 rings (SSSR count). The fraction of sp³-hybridized carbons (Fsp3) is 0.429. The molecule has 6 heteroatoms. The topological polar surface area (TPSA) is 39.9 Å². The van der Waals surface area contributed by atoms with Gasteiger partial charge in [-0.2, -0.15) is 0 Å². The van der Waals surface area contributed by atoms with Crippen molar-refractivity contribution in [3.05, 3.63) is 41.2 Å². The van der Waals surface area contributed by atoms with Crippen molar-refractivity contribution in [1.29, 1.82) is 0 Å². The van der Waals surface area contributed by atoms with Crippen LogP contribution in [0, 0.1) is 0 Å². The molecule has 1 atom stereocenters. The normalized spacial score (nSPS) is 16.3. The molecule has 0 N–H and O–H groups in total. The number of hydrogen-bond acceptors (Lipinski definition) is 4. The van der Waals surface area contributed by atoms with Crippen molar-refractivity contribution in [2.45, 2.75) is 30.1 Å². The molecule has 0 spiro atoms. The Morgan fingerprint density at radius 2 is 2.15 bits per heavy atom. The van der Waals surface area contributed by atoms with E-state index in [1.165, 1.54) is 12.8 Å². The van der Waals surface area contributed by atoms with E-state index in [1.54, 1.807) is 18.9 Å². The summed E-state index contributed by atoms with van der Waals surface area (Å²) in [6, 6.07) is 8.38. The molecule has 1 aliphatic rings. The highest BCUT2D eigenvalue weighted by atomic mass is 35.5. The minimum absolute atomic E-state index is 0.0293. The molecular formula is C14H16ClN3OS. The standard InChI is InChI=1S/C14H16ClN3OS/c1-19-13(10-2-4-11(15)5-3-10)8-20-14-17-16-9-18(14)12-6-7-12/h2-5,9,12-13H,6-8H2,1H3. The van der Waals surface area contributed by atoms with Gasteiger partial charge in [0.2, 0.25) is 0 Å². The molecule has 1 aromatic heterocycles. The summed E-state index contributed by atoms with van der Waals surface area (Å²) in [5.41, 5.74) is 1.13. The average molecular weight is 310 g/mol. The number of rotatable bonds is 6. The van der Waals surface area contributed by atoms with Crippen molar-refractivity contribution in [1.82, 2.24) is 14.8 Å². The second-order valence-corrected chi connectivity index (χ2v) is 6.26. The van der Waals surface area contributed by atoms with Gasteiger partial charge in [-0.25, -0.2) is 0 Å². The van der Waals surface area contributed by atoms with Crippen LogP contribution in [0.2, 0.25) is 5.02 Å². The van der Waals surface area contributed by atoms with Crippen molar-refractivity contribution in [3.63, 3.8) is 0 Å². The molecule has 1 heterocycles. The molecular weight excluding hydrogens is 294 g/mol. The lowest BCUT2D eigenvalue weighted by Gasteiger charge is -2.15. The first-order valence-corrected chi connectivity index (χ1v) is 7.95. The van der Waals surface area contributed by atoms with Gasteiger partial charge in [0.1, 0.15) is 6.33 Å². The number of hydrogen-bond donors (Lipinski definition) is 0. The molecule has 0 aliphatic heterocycles. The number of nitrogens with zero attached hydrogens (tertiary/aromatic N) is 3. The molecule has 1 aliphatic carbocycles. The van der Waals surface area contributed by atoms with E-state index in [1.807, 2.05) is 30.6 Å². The number of halogens is 1. The van der Waals surface area contributed by atoms with E-state index in [-0.39, 0.29) is 6.10 Å². The second-order valence-electron chi connectivity index (χ2n) is 4.84. The molecule has 1 aromatic carbocycles. The highest BCUT2D eigenvalue weighted by Gasteiger charge is 2.26. The third-order valence-electron chi connectivity index (χ3n) is 3.37. The Hall–Kier alpha value is -1.04. The van der Waals surface area contributed by atoms with E-state index in [2.05, 4.69) is 14.8 Å². The van der Waals surface area contributed by atoms with Gasteiger partial charge < -0.3 is 9.30 Å². The van der Waals surface area contributed by atoms with Gasteiger partial charge >= 0.3 is 0 Å². The van der Waals surface area contributed by atoms with Crippen LogP contribution in [0.3, 0.4) is 0 Å². The monoisotopic (exact) mass is 309 g/mol. The quantitative estimate of drug-likeness (QED) is 0.762. The molecule has 0 saturated heterocycles. The van der Waals surface area contributed by atoms with Gasteiger partial charge in [0.25, 0.3) is 0 Å². The van der Waals surface area contributed by atoms with Crippen LogP contribution in [0.4, 0.5) is 0 Å². The Labute approximate surface area is 127 Å². The van der Waals surface area contributed by atoms with Gasteiger partial charge in [0.15, 0.2) is 5.16 Å². The molecule has 20 heavy (non-hydrogen) atoms. The van der Waals surface area contributed by atoms with E-state index in [9.17, 15) is 0 Å². The van der Waals surface area contributed by atoms with Crippen LogP contribution in [-0.4, -0.2) is 27.6 Å². The van der Waals surface area contributed by atoms with Crippen molar-refractivity contribution >= 4 is 23.4 Å². The Morgan fingerprint density at radius 1 is 1.40 bits per heavy atom. The summed E-state index contributed by atoms with van der Waals surface area (Å²) in [6.07, 6.45) is 4.32. The van der Waals surface area contributed by atoms with Crippen molar-refractivity contribution in [2.75, 3.05) is 12.9 Å². The maximum Gasteiger partial charge on any atom is 0.191 e. The molecule has 0 bridgehead atoms. The minimum atomic E-state index is 0.0293. The zero-order valence-corrected chi connectivity index (χ0v) is 12.8. The Bertz CT molecular complexity index is 568. The fourth-order valence-electron chi connectivity index (χ4n) is 2.07. The number of benzene rings is 1. The van der Waals surface area contributed by atoms with Crippen molar-refractivity contribution in [2.24, 2.45) is 0 Å². The van der Waals surface area contributed by atoms with Gasteiger partial charge in [-0.1, -0.05) is 35.5 Å². The first kappa shape index (κ1) is 13.9. The number of ether oxygens (including phenoxy) is 1. The average Bonchev–Trinajstić information content (AvgIpc) is 3.21. The van der Waals surface area contributed by atoms with Crippen molar-refractivity contribution in [3.8, 4) is 0 Å². The highest BCUT2D eigenvalue weighted by Crippen LogP contribution is 2.38. The maximum atomic E-state index is 5.91. The molecule has 0 radical (unpaired) electrons. The highest BCUT2D eigenvalue weighted by molar-refractivity contribution is 7.99. The van der Waals surface area contributed by atoms with Gasteiger partial charge in [0.05, 0.1) is 6.10 Å². The van der Waals surface area contributed by atoms with Crippen LogP contribution in [0.5, 0.6) is 0 Å². The van der Waals surface area contributed by atoms with E-state index in [0.29, 0.717) is 6.04 Å². The summed E-state index contributed by atoms with van der Waals surface area (Å²) in [6.45, 7) is 0. The van der Waals surface area contributed by atoms with Crippen LogP contribution >= 0.6 is 23.4 Å². The van der Waals surface area contributed by atoms with Gasteiger partial charge in [-0.15, -0.1) is 10.2 Å². The van der Waals surface area contributed by atoms with Crippen LogP contribution in [0.25, 0.3) is 0 Å². The third-order valence-corrected chi connectivity index (χ3v) is 4.64. The van der Waals surface area contributed by atoms with E-state index in [4.69, 9.17) is 16.3 Å². The van der Waals surface area contributed by atoms with Gasteiger partial charge in [-0.05, 0) is 30.5 Å². The predicted octanol–water partition coefficient (Wildman–Crippen LogP) is 3.75. The molecule has 2 aromatic rings. The third kappa shape index (κ3) is 3.16. The summed E-state index contributed by atoms with van der Waals surface area (Å²) in [4.78, 5) is 0. The summed E-state index contributed by atoms with van der Waals surface area (Å²) in [7, 11) is 1.73. The van der Waals surface area contributed by atoms with Crippen molar-refractivity contribution < 1.29 is 4.74 Å². The summed E-state index contributed by atoms with van der Waals surface area (Å²) >= 11 is 7.60. The molecule has 1 fully saturated rings. The number of methoxy groups -OCH3 is 1. The van der Waals surface area contributed by atoms with Gasteiger partial charge in [0, 0.05) is 23.9 Å². The molecule has 0 amide bonds. The molecule has 4 nitrogen and oxygen atoms in total. The van der Waals surface area contributed by atoms with E-state index in [0.717, 1.165) is 21.5 Å². The lowest BCUT2D eigenvalue weighted by molar-refractivity contribution is 0.123. The first-order chi connectivity index (χ1) is 9.78. The van der Waals surface area contributed by atoms with Crippen LogP contribution in [-0.2, 0) is 4.74 Å². The maximum absolute atomic E-state index is 5.91. The van der Waals surface area contributed by atoms with Crippen LogP contribution in [0.15, 0.2) is 35.7 Å². The Balaban J connectivity index is 1.66. The molecule has 106 valence electrons. The van der Waals surface area contributed by atoms with Gasteiger partial charge in [-0.3, -0.25) is 0 Å². The Morgan fingerprint density at radius 3 is 2.80 bits per heavy atom. The Kier molecular flexibility index (Phi) is 4.29. The summed E-state index contributed by atoms with van der Waals surface area (Å²) < 4.78 is 7.74. The summed E-state index contributed by atoms with van der Waals surface area (Å²) in [5.74, 6) is 0.809. The second kappa shape index (κ2) is 6.16. The molecule has 1 saturated carbocycles. The van der Waals surface area contributed by atoms with E-state index < -0.39 is 0 Å². The van der Waals surface area contributed by atoms with Crippen LogP contribution < -0.4 is 0 Å². The number of thioether (sulfide) groups is 1. The lowest BCUT2D eigenvalue weighted by Crippen LogP contribution is -2.05. The lowest BCUT2D eigenvalue weighted by atomic mass is 10.1. The zero-order valence-electron chi connectivity index (χ0n) is 11.2. The zero-order chi connectivity index (χ0) is 13.9. The minimum Gasteiger partial charge on any atom is -0.376 e.